The Morgan fingerprint density at radius 3 is 1.35 bits per heavy atom. The standard InChI is InChI=1S/C38H20N4S/c39-21-23-7-5-13-33-37(23)27-9-1-3-11-31(27)41(33)25-15-17-35-29(19-25)30-20-26(16-18-36(30)43-35)42-32-12-4-2-10-28(32)38-24(22-40)8-6-14-34(38)42/h1-20H. The molecule has 5 heteroatoms. The SMILES string of the molecule is N#Cc1cccc2c1c1ccccc1n2-c1ccc2sc3ccc(-n4c5ccccc5c5c(C#N)cccc54)cc3c2c1. The molecule has 9 rings (SSSR count). The largest absolute Gasteiger partial charge is 0.309 e. The van der Waals surface area contributed by atoms with Gasteiger partial charge in [0.15, 0.2) is 0 Å². The number of thiophene rings is 1. The van der Waals surface area contributed by atoms with E-state index in [2.05, 4.69) is 106 Å². The Labute approximate surface area is 250 Å². The molecule has 0 unspecified atom stereocenters. The Bertz CT molecular complexity index is 2520. The fraction of sp³-hybridized carbons (Fsp3) is 0. The summed E-state index contributed by atoms with van der Waals surface area (Å²) in [6.07, 6.45) is 0. The van der Waals surface area contributed by atoms with E-state index in [0.29, 0.717) is 11.1 Å². The van der Waals surface area contributed by atoms with Crippen LogP contribution in [0.25, 0.3) is 75.2 Å². The number of nitrogens with zero attached hydrogens (tertiary/aromatic N) is 4. The molecule has 0 amide bonds. The number of para-hydroxylation sites is 2. The molecule has 0 spiro atoms. The summed E-state index contributed by atoms with van der Waals surface area (Å²) in [5.74, 6) is 0. The van der Waals surface area contributed by atoms with Crippen LogP contribution in [0.1, 0.15) is 11.1 Å². The van der Waals surface area contributed by atoms with Gasteiger partial charge in [0.05, 0.1) is 45.3 Å². The zero-order chi connectivity index (χ0) is 28.7. The molecule has 0 saturated carbocycles. The van der Waals surface area contributed by atoms with E-state index in [-0.39, 0.29) is 0 Å². The van der Waals surface area contributed by atoms with Crippen LogP contribution in [-0.4, -0.2) is 9.13 Å². The van der Waals surface area contributed by atoms with Crippen molar-refractivity contribution in [2.75, 3.05) is 0 Å². The maximum absolute atomic E-state index is 9.90. The lowest BCUT2D eigenvalue weighted by Crippen LogP contribution is -1.94. The molecule has 43 heavy (non-hydrogen) atoms. The number of nitriles is 2. The Kier molecular flexibility index (Phi) is 4.87. The Hall–Kier alpha value is -5.88. The van der Waals surface area contributed by atoms with Crippen LogP contribution >= 0.6 is 11.3 Å². The van der Waals surface area contributed by atoms with E-state index in [4.69, 9.17) is 0 Å². The van der Waals surface area contributed by atoms with Crippen LogP contribution in [0.5, 0.6) is 0 Å². The molecular formula is C38H20N4S. The second-order valence-corrected chi connectivity index (χ2v) is 11.9. The minimum Gasteiger partial charge on any atom is -0.309 e. The summed E-state index contributed by atoms with van der Waals surface area (Å²) in [5, 5.41) is 26.3. The van der Waals surface area contributed by atoms with Crippen LogP contribution in [0.15, 0.2) is 121 Å². The Morgan fingerprint density at radius 2 is 0.884 bits per heavy atom. The monoisotopic (exact) mass is 564 g/mol. The summed E-state index contributed by atoms with van der Waals surface area (Å²) in [4.78, 5) is 0. The van der Waals surface area contributed by atoms with Gasteiger partial charge in [-0.15, -0.1) is 11.3 Å². The first kappa shape index (κ1) is 23.8. The third-order valence-electron chi connectivity index (χ3n) is 8.59. The average molecular weight is 565 g/mol. The number of hydrogen-bond acceptors (Lipinski definition) is 3. The van der Waals surface area contributed by atoms with E-state index in [1.54, 1.807) is 11.3 Å². The summed E-state index contributed by atoms with van der Waals surface area (Å²) < 4.78 is 7.00. The van der Waals surface area contributed by atoms with Gasteiger partial charge < -0.3 is 9.13 Å². The molecule has 0 aliphatic heterocycles. The highest BCUT2D eigenvalue weighted by atomic mass is 32.1. The summed E-state index contributed by atoms with van der Waals surface area (Å²) in [5.41, 5.74) is 7.71. The van der Waals surface area contributed by atoms with E-state index in [9.17, 15) is 10.5 Å². The quantitative estimate of drug-likeness (QED) is 0.210. The topological polar surface area (TPSA) is 57.4 Å². The lowest BCUT2D eigenvalue weighted by molar-refractivity contribution is 1.18. The first-order valence-electron chi connectivity index (χ1n) is 14.1. The third-order valence-corrected chi connectivity index (χ3v) is 9.74. The van der Waals surface area contributed by atoms with Gasteiger partial charge in [0.2, 0.25) is 0 Å². The van der Waals surface area contributed by atoms with Crippen LogP contribution in [0, 0.1) is 22.7 Å². The lowest BCUT2D eigenvalue weighted by Gasteiger charge is -2.10. The van der Waals surface area contributed by atoms with Crippen molar-refractivity contribution >= 4 is 75.1 Å². The van der Waals surface area contributed by atoms with Crippen molar-refractivity contribution in [1.29, 1.82) is 10.5 Å². The maximum atomic E-state index is 9.90. The molecule has 0 saturated heterocycles. The van der Waals surface area contributed by atoms with Crippen molar-refractivity contribution in [2.45, 2.75) is 0 Å². The molecule has 198 valence electrons. The van der Waals surface area contributed by atoms with Crippen LogP contribution in [0.4, 0.5) is 0 Å². The van der Waals surface area contributed by atoms with Gasteiger partial charge in [-0.05, 0) is 72.8 Å². The Balaban J connectivity index is 1.33. The summed E-state index contributed by atoms with van der Waals surface area (Å²) >= 11 is 1.80. The molecule has 6 aromatic carbocycles. The predicted octanol–water partition coefficient (Wildman–Crippen LogP) is 9.99. The van der Waals surface area contributed by atoms with Gasteiger partial charge in [-0.1, -0.05) is 48.5 Å². The van der Waals surface area contributed by atoms with Gasteiger partial charge in [-0.2, -0.15) is 10.5 Å². The van der Waals surface area contributed by atoms with E-state index in [0.717, 1.165) is 55.0 Å². The summed E-state index contributed by atoms with van der Waals surface area (Å²) in [7, 11) is 0. The molecule has 0 N–H and O–H groups in total. The van der Waals surface area contributed by atoms with Crippen molar-refractivity contribution < 1.29 is 0 Å². The van der Waals surface area contributed by atoms with Crippen molar-refractivity contribution in [2.24, 2.45) is 0 Å². The molecule has 0 aliphatic rings. The zero-order valence-electron chi connectivity index (χ0n) is 22.7. The molecule has 0 fully saturated rings. The first-order valence-corrected chi connectivity index (χ1v) is 14.9. The van der Waals surface area contributed by atoms with Gasteiger partial charge in [-0.3, -0.25) is 0 Å². The van der Waals surface area contributed by atoms with Gasteiger partial charge in [0.25, 0.3) is 0 Å². The number of benzene rings is 6. The van der Waals surface area contributed by atoms with Crippen LogP contribution < -0.4 is 0 Å². The van der Waals surface area contributed by atoms with Crippen molar-refractivity contribution in [1.82, 2.24) is 9.13 Å². The zero-order valence-corrected chi connectivity index (χ0v) is 23.6. The van der Waals surface area contributed by atoms with Gasteiger partial charge in [0, 0.05) is 53.1 Å². The fourth-order valence-corrected chi connectivity index (χ4v) is 7.88. The molecule has 3 aromatic heterocycles. The highest BCUT2D eigenvalue weighted by Gasteiger charge is 2.18. The molecule has 4 nitrogen and oxygen atoms in total. The molecule has 0 bridgehead atoms. The molecule has 0 aliphatic carbocycles. The lowest BCUT2D eigenvalue weighted by atomic mass is 10.1. The van der Waals surface area contributed by atoms with Crippen molar-refractivity contribution in [3.8, 4) is 23.5 Å². The van der Waals surface area contributed by atoms with E-state index in [1.807, 2.05) is 36.4 Å². The number of rotatable bonds is 2. The van der Waals surface area contributed by atoms with Crippen molar-refractivity contribution in [3.63, 3.8) is 0 Å². The molecule has 9 aromatic rings. The molecule has 3 heterocycles. The normalized spacial score (nSPS) is 11.7. The molecular weight excluding hydrogens is 545 g/mol. The van der Waals surface area contributed by atoms with E-state index >= 15 is 0 Å². The summed E-state index contributed by atoms with van der Waals surface area (Å²) in [6, 6.07) is 46.7. The number of aromatic nitrogens is 2. The molecule has 0 atom stereocenters. The second-order valence-electron chi connectivity index (χ2n) is 10.8. The number of fused-ring (bicyclic) bond motifs is 9. The highest BCUT2D eigenvalue weighted by molar-refractivity contribution is 7.25. The van der Waals surface area contributed by atoms with Crippen LogP contribution in [0.2, 0.25) is 0 Å². The van der Waals surface area contributed by atoms with Crippen molar-refractivity contribution in [3.05, 3.63) is 132 Å². The van der Waals surface area contributed by atoms with E-state index < -0.39 is 0 Å². The minimum absolute atomic E-state index is 0.685. The fourth-order valence-electron chi connectivity index (χ4n) is 6.81. The average Bonchev–Trinajstić information content (AvgIpc) is 3.71. The Morgan fingerprint density at radius 1 is 0.442 bits per heavy atom. The smallest absolute Gasteiger partial charge is 0.0998 e. The van der Waals surface area contributed by atoms with Gasteiger partial charge >= 0.3 is 0 Å². The highest BCUT2D eigenvalue weighted by Crippen LogP contribution is 2.40. The van der Waals surface area contributed by atoms with Crippen LogP contribution in [-0.2, 0) is 0 Å². The summed E-state index contributed by atoms with van der Waals surface area (Å²) in [6.45, 7) is 0. The van der Waals surface area contributed by atoms with E-state index in [1.165, 1.54) is 20.2 Å². The second kappa shape index (κ2) is 8.81. The number of hydrogen-bond donors (Lipinski definition) is 0. The maximum Gasteiger partial charge on any atom is 0.0998 e. The third kappa shape index (κ3) is 3.23. The minimum atomic E-state index is 0.685. The van der Waals surface area contributed by atoms with Gasteiger partial charge in [0.1, 0.15) is 0 Å². The van der Waals surface area contributed by atoms with Crippen LogP contribution in [0.3, 0.4) is 0 Å². The van der Waals surface area contributed by atoms with Gasteiger partial charge in [-0.25, -0.2) is 0 Å². The predicted molar refractivity (Wildman–Crippen MR) is 177 cm³/mol. The molecule has 0 radical (unpaired) electrons. The first-order chi connectivity index (χ1) is 21.2.